The van der Waals surface area contributed by atoms with Gasteiger partial charge in [-0.25, -0.2) is 4.57 Å². The molecule has 6 heteroatoms. The summed E-state index contributed by atoms with van der Waals surface area (Å²) in [5, 5.41) is 8.72. The van der Waals surface area contributed by atoms with Crippen molar-refractivity contribution in [3.8, 4) is 0 Å². The highest BCUT2D eigenvalue weighted by Crippen LogP contribution is 2.49. The van der Waals surface area contributed by atoms with Gasteiger partial charge in [0.2, 0.25) is 0 Å². The molecule has 1 fully saturated rings. The average Bonchev–Trinajstić information content (AvgIpc) is 2.63. The molecule has 1 saturated carbocycles. The van der Waals surface area contributed by atoms with Crippen molar-refractivity contribution in [2.24, 2.45) is 5.41 Å². The first-order valence-electron chi connectivity index (χ1n) is 3.28. The number of phosphoric acid groups is 1. The van der Waals surface area contributed by atoms with Crippen LogP contribution in [-0.4, -0.2) is 28.1 Å². The number of phosphoric ester groups is 1. The highest BCUT2D eigenvalue weighted by atomic mass is 31.2. The van der Waals surface area contributed by atoms with Gasteiger partial charge in [0.25, 0.3) is 0 Å². The Bertz CT molecular complexity index is 181. The number of aliphatic hydroxyl groups excluding tert-OH is 1. The molecule has 0 bridgehead atoms. The molecule has 0 heterocycles. The maximum atomic E-state index is 10.2. The summed E-state index contributed by atoms with van der Waals surface area (Å²) in [6.07, 6.45) is 1.56. The van der Waals surface area contributed by atoms with Gasteiger partial charge >= 0.3 is 7.82 Å². The summed E-state index contributed by atoms with van der Waals surface area (Å²) < 4.78 is 14.5. The second-order valence-electron chi connectivity index (χ2n) is 2.92. The fraction of sp³-hybridized carbons (Fsp3) is 1.00. The predicted molar refractivity (Wildman–Crippen MR) is 36.7 cm³/mol. The number of aliphatic hydroxyl groups is 1. The van der Waals surface area contributed by atoms with Crippen LogP contribution >= 0.6 is 7.82 Å². The highest BCUT2D eigenvalue weighted by molar-refractivity contribution is 7.46. The Labute approximate surface area is 64.2 Å². The van der Waals surface area contributed by atoms with Crippen LogP contribution in [-0.2, 0) is 9.09 Å². The second-order valence-corrected chi connectivity index (χ2v) is 4.16. The van der Waals surface area contributed by atoms with E-state index in [4.69, 9.17) is 14.9 Å². The van der Waals surface area contributed by atoms with E-state index in [2.05, 4.69) is 4.52 Å². The van der Waals surface area contributed by atoms with Crippen LogP contribution in [0.1, 0.15) is 12.8 Å². The maximum Gasteiger partial charge on any atom is 0.469 e. The van der Waals surface area contributed by atoms with Gasteiger partial charge in [-0.05, 0) is 12.8 Å². The van der Waals surface area contributed by atoms with Crippen molar-refractivity contribution in [3.05, 3.63) is 0 Å². The van der Waals surface area contributed by atoms with Crippen LogP contribution in [0.2, 0.25) is 0 Å². The summed E-state index contributed by atoms with van der Waals surface area (Å²) in [4.78, 5) is 16.6. The van der Waals surface area contributed by atoms with Crippen LogP contribution in [0.15, 0.2) is 0 Å². The highest BCUT2D eigenvalue weighted by Gasteiger charge is 2.43. The van der Waals surface area contributed by atoms with Crippen molar-refractivity contribution >= 4 is 7.82 Å². The van der Waals surface area contributed by atoms with E-state index >= 15 is 0 Å². The Hall–Kier alpha value is 0.0700. The van der Waals surface area contributed by atoms with E-state index in [0.717, 1.165) is 12.8 Å². The Morgan fingerprint density at radius 2 is 2.00 bits per heavy atom. The van der Waals surface area contributed by atoms with Gasteiger partial charge < -0.3 is 14.9 Å². The van der Waals surface area contributed by atoms with Gasteiger partial charge in [-0.15, -0.1) is 0 Å². The molecule has 11 heavy (non-hydrogen) atoms. The third kappa shape index (κ3) is 2.89. The Morgan fingerprint density at radius 1 is 1.45 bits per heavy atom. The summed E-state index contributed by atoms with van der Waals surface area (Å²) in [5.74, 6) is 0. The SMILES string of the molecule is O=P(O)(O)OCC1(CO)CC1. The van der Waals surface area contributed by atoms with Crippen LogP contribution in [0.25, 0.3) is 0 Å². The minimum Gasteiger partial charge on any atom is -0.396 e. The van der Waals surface area contributed by atoms with Gasteiger partial charge in [-0.2, -0.15) is 0 Å². The van der Waals surface area contributed by atoms with E-state index < -0.39 is 7.82 Å². The molecule has 0 aromatic carbocycles. The van der Waals surface area contributed by atoms with E-state index in [0.29, 0.717) is 0 Å². The summed E-state index contributed by atoms with van der Waals surface area (Å²) >= 11 is 0. The molecule has 1 aliphatic carbocycles. The van der Waals surface area contributed by atoms with Crippen LogP contribution in [0.4, 0.5) is 0 Å². The molecule has 5 nitrogen and oxygen atoms in total. The van der Waals surface area contributed by atoms with Crippen molar-refractivity contribution in [1.82, 2.24) is 0 Å². The quantitative estimate of drug-likeness (QED) is 0.527. The van der Waals surface area contributed by atoms with Crippen molar-refractivity contribution in [3.63, 3.8) is 0 Å². The van der Waals surface area contributed by atoms with Gasteiger partial charge in [0.05, 0.1) is 13.2 Å². The van der Waals surface area contributed by atoms with E-state index in [-0.39, 0.29) is 18.6 Å². The summed E-state index contributed by atoms with van der Waals surface area (Å²) in [5.41, 5.74) is -0.360. The van der Waals surface area contributed by atoms with E-state index in [1.54, 1.807) is 0 Å². The van der Waals surface area contributed by atoms with Gasteiger partial charge in [-0.3, -0.25) is 4.52 Å². The molecule has 3 N–H and O–H groups in total. The minimum atomic E-state index is -4.35. The lowest BCUT2D eigenvalue weighted by Crippen LogP contribution is -2.13. The number of hydrogen-bond acceptors (Lipinski definition) is 3. The van der Waals surface area contributed by atoms with Crippen molar-refractivity contribution in [1.29, 1.82) is 0 Å². The van der Waals surface area contributed by atoms with Crippen LogP contribution in [0.3, 0.4) is 0 Å². The number of hydrogen-bond donors (Lipinski definition) is 3. The first-order valence-corrected chi connectivity index (χ1v) is 4.81. The predicted octanol–water partition coefficient (Wildman–Crippen LogP) is -0.132. The summed E-state index contributed by atoms with van der Waals surface area (Å²) in [6.45, 7) is -0.110. The molecule has 0 amide bonds. The molecule has 66 valence electrons. The molecule has 0 aliphatic heterocycles. The fourth-order valence-corrected chi connectivity index (χ4v) is 1.19. The average molecular weight is 182 g/mol. The molecule has 0 radical (unpaired) electrons. The molecular weight excluding hydrogens is 171 g/mol. The molecule has 1 rings (SSSR count). The molecule has 0 unspecified atom stereocenters. The normalized spacial score (nSPS) is 21.7. The van der Waals surface area contributed by atoms with Gasteiger partial charge in [0.1, 0.15) is 0 Å². The Balaban J connectivity index is 2.28. The second kappa shape index (κ2) is 2.84. The maximum absolute atomic E-state index is 10.2. The Kier molecular flexibility index (Phi) is 2.37. The number of rotatable bonds is 4. The zero-order chi connectivity index (χ0) is 8.54. The fourth-order valence-electron chi connectivity index (χ4n) is 0.746. The summed E-state index contributed by atoms with van der Waals surface area (Å²) in [7, 11) is -4.35. The largest absolute Gasteiger partial charge is 0.469 e. The molecule has 0 saturated heterocycles. The minimum absolute atomic E-state index is 0.0478. The lowest BCUT2D eigenvalue weighted by molar-refractivity contribution is 0.117. The standard InChI is InChI=1S/C5H11O5P/c6-3-5(1-2-5)4-10-11(7,8)9/h6H,1-4H2,(H2,7,8,9). The van der Waals surface area contributed by atoms with Crippen molar-refractivity contribution in [2.45, 2.75) is 12.8 Å². The van der Waals surface area contributed by atoms with Gasteiger partial charge in [-0.1, -0.05) is 0 Å². The van der Waals surface area contributed by atoms with Crippen molar-refractivity contribution in [2.75, 3.05) is 13.2 Å². The molecule has 0 aromatic rings. The van der Waals surface area contributed by atoms with Gasteiger partial charge in [0, 0.05) is 5.41 Å². The molecule has 0 spiro atoms. The topological polar surface area (TPSA) is 87.0 Å². The molecule has 0 atom stereocenters. The molecule has 0 aromatic heterocycles. The Morgan fingerprint density at radius 3 is 2.27 bits per heavy atom. The first-order chi connectivity index (χ1) is 4.97. The lowest BCUT2D eigenvalue weighted by atomic mass is 10.1. The smallest absolute Gasteiger partial charge is 0.396 e. The first kappa shape index (κ1) is 9.16. The summed E-state index contributed by atoms with van der Waals surface area (Å²) in [6, 6.07) is 0. The zero-order valence-electron chi connectivity index (χ0n) is 5.93. The van der Waals surface area contributed by atoms with E-state index in [1.165, 1.54) is 0 Å². The van der Waals surface area contributed by atoms with Crippen LogP contribution < -0.4 is 0 Å². The van der Waals surface area contributed by atoms with Crippen LogP contribution in [0.5, 0.6) is 0 Å². The van der Waals surface area contributed by atoms with Gasteiger partial charge in [0.15, 0.2) is 0 Å². The van der Waals surface area contributed by atoms with Crippen molar-refractivity contribution < 1.29 is 24.0 Å². The zero-order valence-corrected chi connectivity index (χ0v) is 6.83. The third-order valence-corrected chi connectivity index (χ3v) is 2.30. The lowest BCUT2D eigenvalue weighted by Gasteiger charge is -2.11. The van der Waals surface area contributed by atoms with E-state index in [9.17, 15) is 4.57 Å². The third-order valence-electron chi connectivity index (χ3n) is 1.83. The van der Waals surface area contributed by atoms with E-state index in [1.807, 2.05) is 0 Å². The monoisotopic (exact) mass is 182 g/mol. The van der Waals surface area contributed by atoms with Crippen LogP contribution in [0, 0.1) is 5.41 Å². The molecule has 1 aliphatic rings. The molecular formula is C5H11O5P.